The molecule has 1 fully saturated rings. The van der Waals surface area contributed by atoms with E-state index >= 15 is 0 Å². The number of nitrogens with one attached hydrogen (secondary N) is 1. The highest BCUT2D eigenvalue weighted by atomic mass is 19.1. The Bertz CT molecular complexity index is 354. The first-order chi connectivity index (χ1) is 8.28. The van der Waals surface area contributed by atoms with Gasteiger partial charge in [-0.2, -0.15) is 0 Å². The van der Waals surface area contributed by atoms with E-state index in [1.54, 1.807) is 12.1 Å². The van der Waals surface area contributed by atoms with Crippen LogP contribution in [-0.4, -0.2) is 37.1 Å². The Morgan fingerprint density at radius 1 is 1.47 bits per heavy atom. The van der Waals surface area contributed by atoms with Crippen molar-refractivity contribution in [3.05, 3.63) is 35.6 Å². The van der Waals surface area contributed by atoms with Crippen molar-refractivity contribution in [1.82, 2.24) is 10.2 Å². The summed E-state index contributed by atoms with van der Waals surface area (Å²) in [5, 5.41) is 3.55. The lowest BCUT2D eigenvalue weighted by Crippen LogP contribution is -2.33. The molecule has 0 amide bonds. The second kappa shape index (κ2) is 6.12. The largest absolute Gasteiger partial charge is 0.312 e. The van der Waals surface area contributed by atoms with Crippen molar-refractivity contribution in [2.45, 2.75) is 25.8 Å². The van der Waals surface area contributed by atoms with Crippen molar-refractivity contribution < 1.29 is 4.39 Å². The maximum absolute atomic E-state index is 13.0. The van der Waals surface area contributed by atoms with Crippen LogP contribution in [-0.2, 0) is 6.42 Å². The monoisotopic (exact) mass is 236 g/mol. The number of hydrogen-bond acceptors (Lipinski definition) is 2. The first-order valence-electron chi connectivity index (χ1n) is 6.48. The molecule has 1 N–H and O–H groups in total. The lowest BCUT2D eigenvalue weighted by atomic mass is 10.1. The molecule has 0 spiro atoms. The molecular weight excluding hydrogens is 215 g/mol. The minimum Gasteiger partial charge on any atom is -0.312 e. The van der Waals surface area contributed by atoms with Gasteiger partial charge in [-0.1, -0.05) is 19.1 Å². The molecule has 0 bridgehead atoms. The normalized spacial score (nSPS) is 20.9. The van der Waals surface area contributed by atoms with Crippen LogP contribution in [0.3, 0.4) is 0 Å². The number of nitrogens with zero attached hydrogens (tertiary/aromatic N) is 1. The van der Waals surface area contributed by atoms with E-state index < -0.39 is 0 Å². The topological polar surface area (TPSA) is 15.3 Å². The molecule has 3 heteroatoms. The lowest BCUT2D eigenvalue weighted by molar-refractivity contribution is 0.346. The van der Waals surface area contributed by atoms with Crippen molar-refractivity contribution in [2.24, 2.45) is 0 Å². The molecule has 2 rings (SSSR count). The zero-order valence-electron chi connectivity index (χ0n) is 10.5. The lowest BCUT2D eigenvalue weighted by Gasteiger charge is -2.14. The van der Waals surface area contributed by atoms with Crippen LogP contribution in [0.4, 0.5) is 4.39 Å². The average molecular weight is 236 g/mol. The van der Waals surface area contributed by atoms with Gasteiger partial charge in [0.25, 0.3) is 0 Å². The summed E-state index contributed by atoms with van der Waals surface area (Å²) in [4.78, 5) is 2.46. The number of likely N-dealkylation sites (tertiary alicyclic amines) is 1. The summed E-state index contributed by atoms with van der Waals surface area (Å²) in [6.45, 7) is 6.64. The molecule has 0 radical (unpaired) electrons. The smallest absolute Gasteiger partial charge is 0.123 e. The quantitative estimate of drug-likeness (QED) is 0.841. The third kappa shape index (κ3) is 3.79. The molecule has 0 saturated carbocycles. The van der Waals surface area contributed by atoms with Crippen LogP contribution in [0.5, 0.6) is 0 Å². The first-order valence-corrected chi connectivity index (χ1v) is 6.48. The Labute approximate surface area is 103 Å². The van der Waals surface area contributed by atoms with Crippen LogP contribution in [0, 0.1) is 5.82 Å². The molecule has 0 aromatic heterocycles. The van der Waals surface area contributed by atoms with E-state index in [0.717, 1.165) is 31.6 Å². The number of rotatable bonds is 5. The van der Waals surface area contributed by atoms with Crippen molar-refractivity contribution in [1.29, 1.82) is 0 Å². The SMILES string of the molecule is CCN1CCC(NCCc2cccc(F)c2)C1. The minimum atomic E-state index is -0.138. The number of benzene rings is 1. The van der Waals surface area contributed by atoms with Gasteiger partial charge in [0.15, 0.2) is 0 Å². The van der Waals surface area contributed by atoms with E-state index in [9.17, 15) is 4.39 Å². The molecule has 1 aliphatic heterocycles. The summed E-state index contributed by atoms with van der Waals surface area (Å²) in [7, 11) is 0. The third-order valence-electron chi connectivity index (χ3n) is 3.46. The number of halogens is 1. The molecule has 94 valence electrons. The summed E-state index contributed by atoms with van der Waals surface area (Å²) < 4.78 is 13.0. The van der Waals surface area contributed by atoms with Gasteiger partial charge in [0.1, 0.15) is 5.82 Å². The fraction of sp³-hybridized carbons (Fsp3) is 0.571. The predicted molar refractivity (Wildman–Crippen MR) is 68.6 cm³/mol. The highest BCUT2D eigenvalue weighted by Crippen LogP contribution is 2.08. The van der Waals surface area contributed by atoms with Gasteiger partial charge in [-0.25, -0.2) is 4.39 Å². The van der Waals surface area contributed by atoms with Gasteiger partial charge in [-0.05, 0) is 50.2 Å². The van der Waals surface area contributed by atoms with Gasteiger partial charge < -0.3 is 10.2 Å². The van der Waals surface area contributed by atoms with E-state index in [1.165, 1.54) is 19.0 Å². The third-order valence-corrected chi connectivity index (χ3v) is 3.46. The van der Waals surface area contributed by atoms with Crippen molar-refractivity contribution >= 4 is 0 Å². The van der Waals surface area contributed by atoms with E-state index in [2.05, 4.69) is 17.1 Å². The Morgan fingerprint density at radius 2 is 2.35 bits per heavy atom. The first kappa shape index (κ1) is 12.5. The van der Waals surface area contributed by atoms with E-state index in [4.69, 9.17) is 0 Å². The van der Waals surface area contributed by atoms with Gasteiger partial charge in [-0.3, -0.25) is 0 Å². The van der Waals surface area contributed by atoms with Gasteiger partial charge in [-0.15, -0.1) is 0 Å². The van der Waals surface area contributed by atoms with Crippen LogP contribution in [0.1, 0.15) is 18.9 Å². The van der Waals surface area contributed by atoms with Crippen LogP contribution >= 0.6 is 0 Å². The van der Waals surface area contributed by atoms with Crippen molar-refractivity contribution in [3.8, 4) is 0 Å². The molecule has 1 aromatic carbocycles. The summed E-state index contributed by atoms with van der Waals surface area (Å²) in [5.74, 6) is -0.138. The summed E-state index contributed by atoms with van der Waals surface area (Å²) >= 11 is 0. The fourth-order valence-corrected chi connectivity index (χ4v) is 2.40. The maximum Gasteiger partial charge on any atom is 0.123 e. The van der Waals surface area contributed by atoms with E-state index in [-0.39, 0.29) is 5.82 Å². The molecule has 0 aliphatic carbocycles. The van der Waals surface area contributed by atoms with E-state index in [1.807, 2.05) is 6.07 Å². The molecule has 1 saturated heterocycles. The summed E-state index contributed by atoms with van der Waals surface area (Å²) in [5.41, 5.74) is 1.07. The van der Waals surface area contributed by atoms with Crippen molar-refractivity contribution in [3.63, 3.8) is 0 Å². The fourth-order valence-electron chi connectivity index (χ4n) is 2.40. The number of hydrogen-bond donors (Lipinski definition) is 1. The molecular formula is C14H21FN2. The molecule has 1 atom stereocenters. The van der Waals surface area contributed by atoms with Gasteiger partial charge >= 0.3 is 0 Å². The van der Waals surface area contributed by atoms with Crippen LogP contribution in [0.15, 0.2) is 24.3 Å². The highest BCUT2D eigenvalue weighted by molar-refractivity contribution is 5.16. The molecule has 1 unspecified atom stereocenters. The Kier molecular flexibility index (Phi) is 4.51. The molecule has 1 heterocycles. The maximum atomic E-state index is 13.0. The Morgan fingerprint density at radius 3 is 3.06 bits per heavy atom. The highest BCUT2D eigenvalue weighted by Gasteiger charge is 2.19. The van der Waals surface area contributed by atoms with E-state index in [0.29, 0.717) is 6.04 Å². The predicted octanol–water partition coefficient (Wildman–Crippen LogP) is 2.05. The minimum absolute atomic E-state index is 0.138. The Hall–Kier alpha value is -0.930. The molecule has 1 aromatic rings. The Balaban J connectivity index is 1.70. The van der Waals surface area contributed by atoms with Crippen LogP contribution in [0.2, 0.25) is 0 Å². The van der Waals surface area contributed by atoms with Gasteiger partial charge in [0.2, 0.25) is 0 Å². The second-order valence-electron chi connectivity index (χ2n) is 4.71. The van der Waals surface area contributed by atoms with Gasteiger partial charge in [0, 0.05) is 12.6 Å². The summed E-state index contributed by atoms with van der Waals surface area (Å²) in [6.07, 6.45) is 2.14. The summed E-state index contributed by atoms with van der Waals surface area (Å²) in [6, 6.07) is 7.49. The zero-order valence-corrected chi connectivity index (χ0v) is 10.5. The van der Waals surface area contributed by atoms with Crippen LogP contribution in [0.25, 0.3) is 0 Å². The zero-order chi connectivity index (χ0) is 12.1. The number of likely N-dealkylation sites (N-methyl/N-ethyl adjacent to an activating group) is 1. The van der Waals surface area contributed by atoms with Gasteiger partial charge in [0.05, 0.1) is 0 Å². The molecule has 17 heavy (non-hydrogen) atoms. The standard InChI is InChI=1S/C14H21FN2/c1-2-17-9-7-14(11-17)16-8-6-12-4-3-5-13(15)10-12/h3-5,10,14,16H,2,6-9,11H2,1H3. The van der Waals surface area contributed by atoms with Crippen LogP contribution < -0.4 is 5.32 Å². The van der Waals surface area contributed by atoms with Crippen molar-refractivity contribution in [2.75, 3.05) is 26.2 Å². The molecule has 1 aliphatic rings. The average Bonchev–Trinajstić information content (AvgIpc) is 2.77. The second-order valence-corrected chi connectivity index (χ2v) is 4.71. The molecule has 2 nitrogen and oxygen atoms in total.